The van der Waals surface area contributed by atoms with Crippen LogP contribution >= 0.6 is 0 Å². The molecule has 0 aliphatic heterocycles. The summed E-state index contributed by atoms with van der Waals surface area (Å²) < 4.78 is 10.7. The van der Waals surface area contributed by atoms with E-state index < -0.39 is 0 Å². The number of benzene rings is 5. The van der Waals surface area contributed by atoms with Crippen LogP contribution in [0.2, 0.25) is 0 Å². The third-order valence-corrected chi connectivity index (χ3v) is 10.3. The molecule has 0 atom stereocenters. The van der Waals surface area contributed by atoms with Gasteiger partial charge in [-0.25, -0.2) is 0 Å². The Kier molecular flexibility index (Phi) is 7.49. The Morgan fingerprint density at radius 3 is 1.63 bits per heavy atom. The summed E-state index contributed by atoms with van der Waals surface area (Å²) in [6.45, 7) is 8.82. The van der Waals surface area contributed by atoms with Gasteiger partial charge in [0.05, 0.1) is 11.3 Å². The van der Waals surface area contributed by atoms with Crippen molar-refractivity contribution < 1.29 is 25.8 Å². The molecule has 5 heterocycles. The Balaban J connectivity index is 0.00000360. The molecule has 5 aromatic heterocycles. The van der Waals surface area contributed by atoms with Crippen LogP contribution in [0.1, 0.15) is 22.3 Å². The Morgan fingerprint density at radius 1 is 0.538 bits per heavy atom. The molecule has 252 valence electrons. The van der Waals surface area contributed by atoms with Gasteiger partial charge in [-0.2, -0.15) is 0 Å². The molecule has 0 unspecified atom stereocenters. The van der Waals surface area contributed by atoms with E-state index in [0.717, 1.165) is 54.6 Å². The largest absolute Gasteiger partial charge is 2.00 e. The second-order valence-corrected chi connectivity index (χ2v) is 13.4. The van der Waals surface area contributed by atoms with Crippen molar-refractivity contribution in [3.05, 3.63) is 150 Å². The molecule has 0 fully saturated rings. The second kappa shape index (κ2) is 12.1. The van der Waals surface area contributed by atoms with Gasteiger partial charge in [0, 0.05) is 59.7 Å². The minimum absolute atomic E-state index is 0. The van der Waals surface area contributed by atoms with Crippen LogP contribution in [-0.4, -0.2) is 23.8 Å². The van der Waals surface area contributed by atoms with E-state index in [4.69, 9.17) is 9.72 Å². The first kappa shape index (κ1) is 32.1. The summed E-state index contributed by atoms with van der Waals surface area (Å²) in [6.07, 6.45) is 11.4. The maximum atomic E-state index is 6.50. The van der Waals surface area contributed by atoms with Crippen LogP contribution in [0, 0.1) is 39.8 Å². The summed E-state index contributed by atoms with van der Waals surface area (Å²) in [7, 11) is 0. The third-order valence-electron chi connectivity index (χ3n) is 10.3. The van der Waals surface area contributed by atoms with Crippen molar-refractivity contribution in [1.29, 1.82) is 0 Å². The SMILES string of the molecule is Cc1cccc(C)c1-c1cc2c3ccc(Oc4[c-]c5c(cc4)c4cnccc4n4ccnc54)[c-]c3c3nccn3c2cc1-c1c(C)cccc1C.[Pt+2]. The normalized spacial score (nSPS) is 11.7. The monoisotopic (exact) mass is 852 g/mol. The molecule has 0 radical (unpaired) electrons. The first-order valence-electron chi connectivity index (χ1n) is 17.1. The van der Waals surface area contributed by atoms with Crippen LogP contribution in [0.4, 0.5) is 0 Å². The first-order chi connectivity index (χ1) is 24.9. The summed E-state index contributed by atoms with van der Waals surface area (Å²) in [5.74, 6) is 1.17. The van der Waals surface area contributed by atoms with Crippen LogP contribution in [0.25, 0.3) is 76.9 Å². The predicted molar refractivity (Wildman–Crippen MR) is 206 cm³/mol. The zero-order valence-electron chi connectivity index (χ0n) is 28.9. The van der Waals surface area contributed by atoms with E-state index in [9.17, 15) is 0 Å². The topological polar surface area (TPSA) is 56.7 Å². The van der Waals surface area contributed by atoms with Gasteiger partial charge in [-0.05, 0) is 95.1 Å². The minimum atomic E-state index is 0. The summed E-state index contributed by atoms with van der Waals surface area (Å²) in [5.41, 5.74) is 13.8. The maximum absolute atomic E-state index is 6.50. The number of hydrogen-bond donors (Lipinski definition) is 0. The molecule has 0 N–H and O–H groups in total. The molecular weight excluding hydrogens is 822 g/mol. The van der Waals surface area contributed by atoms with E-state index in [0.29, 0.717) is 11.5 Å². The standard InChI is InChI=1S/C45H31N5O.Pt/c1-26-7-5-8-27(2)42(26)35-23-34-32-13-11-30(51-31-12-14-33-38(22-31)44-47-17-19-49(44)40-15-16-46-25-39(33)40)21-37(32)45-48-18-20-50(45)41(34)24-36(35)43-28(3)9-6-10-29(43)4;/h5-20,23-25H,1-4H3;/q-2;+2. The zero-order valence-corrected chi connectivity index (χ0v) is 31.2. The Hall–Kier alpha value is -5.84. The second-order valence-electron chi connectivity index (χ2n) is 13.4. The molecule has 0 saturated carbocycles. The number of imidazole rings is 2. The number of nitrogens with zero attached hydrogens (tertiary/aromatic N) is 5. The summed E-state index contributed by atoms with van der Waals surface area (Å²) in [4.78, 5) is 13.9. The van der Waals surface area contributed by atoms with Crippen LogP contribution < -0.4 is 4.74 Å². The average Bonchev–Trinajstić information content (AvgIpc) is 3.84. The quantitative estimate of drug-likeness (QED) is 0.131. The number of aromatic nitrogens is 5. The molecule has 5 aromatic carbocycles. The van der Waals surface area contributed by atoms with E-state index in [1.807, 2.05) is 49.2 Å². The Bertz CT molecular complexity index is 3030. The molecule has 7 heteroatoms. The van der Waals surface area contributed by atoms with E-state index in [2.05, 4.69) is 119 Å². The molecule has 0 spiro atoms. The smallest absolute Gasteiger partial charge is 0.497 e. The number of rotatable bonds is 4. The van der Waals surface area contributed by atoms with E-state index in [1.165, 1.54) is 44.5 Å². The average molecular weight is 853 g/mol. The van der Waals surface area contributed by atoms with Crippen LogP contribution in [0.15, 0.2) is 116 Å². The number of ether oxygens (including phenoxy) is 1. The zero-order chi connectivity index (χ0) is 34.4. The molecule has 10 aromatic rings. The van der Waals surface area contributed by atoms with Crippen molar-refractivity contribution in [3.63, 3.8) is 0 Å². The van der Waals surface area contributed by atoms with Crippen LogP contribution in [0.5, 0.6) is 11.5 Å². The molecule has 52 heavy (non-hydrogen) atoms. The van der Waals surface area contributed by atoms with Gasteiger partial charge >= 0.3 is 21.1 Å². The van der Waals surface area contributed by atoms with Gasteiger partial charge in [-0.1, -0.05) is 88.3 Å². The fourth-order valence-corrected chi connectivity index (χ4v) is 8.05. The molecule has 0 aliphatic carbocycles. The molecule has 0 saturated heterocycles. The molecule has 0 aliphatic rings. The van der Waals surface area contributed by atoms with Crippen molar-refractivity contribution in [2.75, 3.05) is 0 Å². The molecule has 0 amide bonds. The van der Waals surface area contributed by atoms with Crippen LogP contribution in [0.3, 0.4) is 0 Å². The van der Waals surface area contributed by atoms with Gasteiger partial charge in [0.1, 0.15) is 0 Å². The van der Waals surface area contributed by atoms with E-state index >= 15 is 0 Å². The number of hydrogen-bond acceptors (Lipinski definition) is 4. The molecule has 10 rings (SSSR count). The molecular formula is C45H31N5OPt. The summed E-state index contributed by atoms with van der Waals surface area (Å²) >= 11 is 0. The maximum Gasteiger partial charge on any atom is 2.00 e. The van der Waals surface area contributed by atoms with Gasteiger partial charge in [0.15, 0.2) is 0 Å². The third kappa shape index (κ3) is 4.78. The predicted octanol–water partition coefficient (Wildman–Crippen LogP) is 10.9. The molecule has 6 nitrogen and oxygen atoms in total. The minimum Gasteiger partial charge on any atom is -0.497 e. The van der Waals surface area contributed by atoms with Gasteiger partial charge in [-0.15, -0.1) is 12.1 Å². The van der Waals surface area contributed by atoms with E-state index in [1.54, 1.807) is 6.20 Å². The van der Waals surface area contributed by atoms with E-state index in [-0.39, 0.29) is 21.1 Å². The fourth-order valence-electron chi connectivity index (χ4n) is 8.05. The number of fused-ring (bicyclic) bond motifs is 12. The number of pyridine rings is 3. The van der Waals surface area contributed by atoms with Crippen molar-refractivity contribution in [2.45, 2.75) is 27.7 Å². The van der Waals surface area contributed by atoms with Crippen LogP contribution in [-0.2, 0) is 21.1 Å². The summed E-state index contributed by atoms with van der Waals surface area (Å²) in [6, 6.07) is 35.1. The Morgan fingerprint density at radius 2 is 1.06 bits per heavy atom. The molecule has 0 bridgehead atoms. The van der Waals surface area contributed by atoms with Crippen molar-refractivity contribution in [3.8, 4) is 33.8 Å². The van der Waals surface area contributed by atoms with Gasteiger partial charge in [0.2, 0.25) is 0 Å². The van der Waals surface area contributed by atoms with Gasteiger partial charge < -0.3 is 13.5 Å². The van der Waals surface area contributed by atoms with Gasteiger partial charge in [-0.3, -0.25) is 15.0 Å². The first-order valence-corrected chi connectivity index (χ1v) is 17.1. The fraction of sp³-hybridized carbons (Fsp3) is 0.0889. The Labute approximate surface area is 314 Å². The van der Waals surface area contributed by atoms with Crippen molar-refractivity contribution >= 4 is 54.6 Å². The van der Waals surface area contributed by atoms with Crippen molar-refractivity contribution in [2.24, 2.45) is 0 Å². The number of aryl methyl sites for hydroxylation is 4. The summed E-state index contributed by atoms with van der Waals surface area (Å²) in [5, 5.41) is 6.03. The van der Waals surface area contributed by atoms with Crippen molar-refractivity contribution in [1.82, 2.24) is 23.8 Å². The van der Waals surface area contributed by atoms with Gasteiger partial charge in [0.25, 0.3) is 0 Å².